The number of imidazole rings is 1. The van der Waals surface area contributed by atoms with Gasteiger partial charge in [-0.05, 0) is 0 Å². The number of rotatable bonds is 2. The van der Waals surface area contributed by atoms with Crippen LogP contribution in [0.1, 0.15) is 12.7 Å². The van der Waals surface area contributed by atoms with Crippen molar-refractivity contribution in [2.24, 2.45) is 0 Å². The monoisotopic (exact) mass is 188 g/mol. The number of aromatic nitrogens is 2. The number of aromatic amines is 1. The lowest BCUT2D eigenvalue weighted by molar-refractivity contribution is 0.885. The first-order valence-corrected chi connectivity index (χ1v) is 3.83. The van der Waals surface area contributed by atoms with Crippen LogP contribution in [0, 0.1) is 0 Å². The van der Waals surface area contributed by atoms with Crippen molar-refractivity contribution < 1.29 is 0 Å². The van der Waals surface area contributed by atoms with Gasteiger partial charge in [-0.2, -0.15) is 0 Å². The van der Waals surface area contributed by atoms with E-state index >= 15 is 0 Å². The number of halogens is 1. The van der Waals surface area contributed by atoms with Crippen LogP contribution >= 0.6 is 15.9 Å². The molecule has 1 aromatic heterocycles. The maximum absolute atomic E-state index is 4.07. The second-order valence-corrected chi connectivity index (χ2v) is 3.58. The Morgan fingerprint density at radius 2 is 2.67 bits per heavy atom. The van der Waals surface area contributed by atoms with E-state index in [1.54, 1.807) is 6.20 Å². The Morgan fingerprint density at radius 1 is 1.89 bits per heavy atom. The van der Waals surface area contributed by atoms with Gasteiger partial charge in [0.15, 0.2) is 0 Å². The van der Waals surface area contributed by atoms with E-state index in [1.807, 2.05) is 6.20 Å². The average molecular weight is 189 g/mol. The summed E-state index contributed by atoms with van der Waals surface area (Å²) in [5, 5.41) is 0. The standard InChI is InChI=1S/C6H9BrN2/c1-5(7)4-6-8-2-3-9-6/h2-3,5H,4H2,1H3,(H,8,9). The molecule has 0 saturated carbocycles. The lowest BCUT2D eigenvalue weighted by atomic mass is 10.3. The molecule has 1 atom stereocenters. The van der Waals surface area contributed by atoms with E-state index < -0.39 is 0 Å². The van der Waals surface area contributed by atoms with Crippen molar-refractivity contribution in [1.82, 2.24) is 9.97 Å². The zero-order valence-corrected chi connectivity index (χ0v) is 6.85. The second kappa shape index (κ2) is 3.01. The van der Waals surface area contributed by atoms with Crippen LogP contribution in [-0.4, -0.2) is 14.8 Å². The Hall–Kier alpha value is -0.310. The van der Waals surface area contributed by atoms with Gasteiger partial charge < -0.3 is 4.98 Å². The second-order valence-electron chi connectivity index (χ2n) is 2.02. The van der Waals surface area contributed by atoms with Gasteiger partial charge in [0, 0.05) is 23.6 Å². The van der Waals surface area contributed by atoms with E-state index in [-0.39, 0.29) is 0 Å². The molecule has 0 spiro atoms. The molecule has 1 N–H and O–H groups in total. The third-order valence-electron chi connectivity index (χ3n) is 1.03. The van der Waals surface area contributed by atoms with Crippen LogP contribution in [0.2, 0.25) is 0 Å². The summed E-state index contributed by atoms with van der Waals surface area (Å²) in [6, 6.07) is 0. The molecule has 0 saturated heterocycles. The Bertz CT molecular complexity index is 158. The highest BCUT2D eigenvalue weighted by Gasteiger charge is 1.98. The van der Waals surface area contributed by atoms with Gasteiger partial charge in [-0.1, -0.05) is 22.9 Å². The Labute approximate surface area is 62.8 Å². The van der Waals surface area contributed by atoms with Crippen molar-refractivity contribution in [3.8, 4) is 0 Å². The fraction of sp³-hybridized carbons (Fsp3) is 0.500. The van der Waals surface area contributed by atoms with Crippen LogP contribution < -0.4 is 0 Å². The molecule has 0 aliphatic carbocycles. The first-order chi connectivity index (χ1) is 4.29. The quantitative estimate of drug-likeness (QED) is 0.705. The highest BCUT2D eigenvalue weighted by molar-refractivity contribution is 9.09. The molecule has 0 aromatic carbocycles. The third-order valence-corrected chi connectivity index (χ3v) is 1.35. The van der Waals surface area contributed by atoms with Gasteiger partial charge in [0.1, 0.15) is 5.82 Å². The first kappa shape index (κ1) is 6.81. The van der Waals surface area contributed by atoms with E-state index in [2.05, 4.69) is 32.8 Å². The molecule has 1 unspecified atom stereocenters. The molecule has 9 heavy (non-hydrogen) atoms. The van der Waals surface area contributed by atoms with E-state index in [0.717, 1.165) is 12.2 Å². The normalized spacial score (nSPS) is 13.6. The Kier molecular flexibility index (Phi) is 2.28. The largest absolute Gasteiger partial charge is 0.349 e. The fourth-order valence-electron chi connectivity index (χ4n) is 0.676. The predicted molar refractivity (Wildman–Crippen MR) is 40.7 cm³/mol. The molecular weight excluding hydrogens is 180 g/mol. The maximum atomic E-state index is 4.07. The summed E-state index contributed by atoms with van der Waals surface area (Å²) in [4.78, 5) is 7.60. The van der Waals surface area contributed by atoms with Crippen molar-refractivity contribution in [1.29, 1.82) is 0 Å². The van der Waals surface area contributed by atoms with Gasteiger partial charge in [0.05, 0.1) is 0 Å². The highest BCUT2D eigenvalue weighted by atomic mass is 79.9. The van der Waals surface area contributed by atoms with Crippen molar-refractivity contribution in [3.63, 3.8) is 0 Å². The molecule has 2 nitrogen and oxygen atoms in total. The molecular formula is C6H9BrN2. The summed E-state index contributed by atoms with van der Waals surface area (Å²) in [6.07, 6.45) is 4.57. The van der Waals surface area contributed by atoms with E-state index in [9.17, 15) is 0 Å². The van der Waals surface area contributed by atoms with Crippen LogP contribution in [-0.2, 0) is 6.42 Å². The topological polar surface area (TPSA) is 28.7 Å². The predicted octanol–water partition coefficient (Wildman–Crippen LogP) is 1.74. The Morgan fingerprint density at radius 3 is 3.11 bits per heavy atom. The Balaban J connectivity index is 2.48. The molecule has 0 amide bonds. The molecule has 50 valence electrons. The van der Waals surface area contributed by atoms with Crippen LogP contribution in [0.15, 0.2) is 12.4 Å². The van der Waals surface area contributed by atoms with Gasteiger partial charge >= 0.3 is 0 Å². The van der Waals surface area contributed by atoms with Crippen LogP contribution in [0.5, 0.6) is 0 Å². The molecule has 0 radical (unpaired) electrons. The van der Waals surface area contributed by atoms with Crippen molar-refractivity contribution in [3.05, 3.63) is 18.2 Å². The minimum Gasteiger partial charge on any atom is -0.349 e. The number of hydrogen-bond donors (Lipinski definition) is 1. The van der Waals surface area contributed by atoms with Crippen LogP contribution in [0.3, 0.4) is 0 Å². The summed E-state index contributed by atoms with van der Waals surface area (Å²) in [7, 11) is 0. The average Bonchev–Trinajstić information content (AvgIpc) is 2.15. The lowest BCUT2D eigenvalue weighted by Gasteiger charge is -1.96. The SMILES string of the molecule is CC(Br)Cc1ncc[nH]1. The molecule has 1 heterocycles. The van der Waals surface area contributed by atoms with E-state index in [1.165, 1.54) is 0 Å². The van der Waals surface area contributed by atoms with Crippen molar-refractivity contribution in [2.45, 2.75) is 18.2 Å². The molecule has 0 bridgehead atoms. The molecule has 3 heteroatoms. The smallest absolute Gasteiger partial charge is 0.107 e. The number of H-pyrrole nitrogens is 1. The zero-order valence-electron chi connectivity index (χ0n) is 5.26. The first-order valence-electron chi connectivity index (χ1n) is 2.91. The summed E-state index contributed by atoms with van der Waals surface area (Å²) >= 11 is 3.44. The van der Waals surface area contributed by atoms with E-state index in [4.69, 9.17) is 0 Å². The number of nitrogens with one attached hydrogen (secondary N) is 1. The van der Waals surface area contributed by atoms with E-state index in [0.29, 0.717) is 4.83 Å². The summed E-state index contributed by atoms with van der Waals surface area (Å²) < 4.78 is 0. The van der Waals surface area contributed by atoms with Crippen molar-refractivity contribution in [2.75, 3.05) is 0 Å². The number of nitrogens with zero attached hydrogens (tertiary/aromatic N) is 1. The van der Waals surface area contributed by atoms with Crippen LogP contribution in [0.25, 0.3) is 0 Å². The minimum absolute atomic E-state index is 0.503. The molecule has 0 aliphatic rings. The summed E-state index contributed by atoms with van der Waals surface area (Å²) in [5.41, 5.74) is 0. The zero-order chi connectivity index (χ0) is 6.69. The maximum Gasteiger partial charge on any atom is 0.107 e. The van der Waals surface area contributed by atoms with Crippen LogP contribution in [0.4, 0.5) is 0 Å². The van der Waals surface area contributed by atoms with Gasteiger partial charge in [-0.3, -0.25) is 0 Å². The van der Waals surface area contributed by atoms with Crippen molar-refractivity contribution >= 4 is 15.9 Å². The lowest BCUT2D eigenvalue weighted by Crippen LogP contribution is -1.97. The molecule has 1 aromatic rings. The van der Waals surface area contributed by atoms with Gasteiger partial charge in [-0.15, -0.1) is 0 Å². The minimum atomic E-state index is 0.503. The molecule has 0 aliphatic heterocycles. The third kappa shape index (κ3) is 2.18. The summed E-state index contributed by atoms with van der Waals surface area (Å²) in [5.74, 6) is 1.04. The van der Waals surface area contributed by atoms with Gasteiger partial charge in [0.2, 0.25) is 0 Å². The summed E-state index contributed by atoms with van der Waals surface area (Å²) in [6.45, 7) is 2.10. The molecule has 0 fully saturated rings. The van der Waals surface area contributed by atoms with Gasteiger partial charge in [0.25, 0.3) is 0 Å². The van der Waals surface area contributed by atoms with Gasteiger partial charge in [-0.25, -0.2) is 4.98 Å². The number of hydrogen-bond acceptors (Lipinski definition) is 1. The molecule has 1 rings (SSSR count). The number of alkyl halides is 1. The fourth-order valence-corrected chi connectivity index (χ4v) is 0.983. The highest BCUT2D eigenvalue weighted by Crippen LogP contribution is 2.03.